The van der Waals surface area contributed by atoms with Crippen LogP contribution in [0.15, 0.2) is 78.9 Å². The second-order valence-electron chi connectivity index (χ2n) is 12.0. The lowest BCUT2D eigenvalue weighted by Crippen LogP contribution is -2.49. The fraction of sp³-hybridized carbons (Fsp3) is 0.500. The molecule has 6 heteroatoms. The van der Waals surface area contributed by atoms with Crippen molar-refractivity contribution < 1.29 is 9.84 Å². The van der Waals surface area contributed by atoms with Gasteiger partial charge in [-0.2, -0.15) is 0 Å². The van der Waals surface area contributed by atoms with Crippen LogP contribution in [0.5, 0.6) is 5.75 Å². The van der Waals surface area contributed by atoms with E-state index in [0.717, 1.165) is 51.4 Å². The molecule has 2 unspecified atom stereocenters. The van der Waals surface area contributed by atoms with E-state index in [1.54, 1.807) is 0 Å². The third-order valence-corrected chi connectivity index (χ3v) is 8.85. The lowest BCUT2D eigenvalue weighted by atomic mass is 10.0. The van der Waals surface area contributed by atoms with Crippen LogP contribution in [-0.4, -0.2) is 73.4 Å². The first kappa shape index (κ1) is 30.6. The van der Waals surface area contributed by atoms with E-state index in [1.165, 1.54) is 61.2 Å². The molecule has 0 bridgehead atoms. The van der Waals surface area contributed by atoms with Crippen molar-refractivity contribution in [3.05, 3.63) is 95.6 Å². The van der Waals surface area contributed by atoms with Gasteiger partial charge in [0.2, 0.25) is 0 Å². The van der Waals surface area contributed by atoms with Crippen LogP contribution < -0.4 is 15.0 Å². The number of aliphatic hydroxyl groups excluding tert-OH is 1. The van der Waals surface area contributed by atoms with Gasteiger partial charge in [0.05, 0.1) is 0 Å². The Morgan fingerprint density at radius 3 is 2.10 bits per heavy atom. The second kappa shape index (κ2) is 16.1. The first-order chi connectivity index (χ1) is 20.7. The van der Waals surface area contributed by atoms with Crippen molar-refractivity contribution in [1.82, 2.24) is 15.1 Å². The van der Waals surface area contributed by atoms with Crippen molar-refractivity contribution in [3.63, 3.8) is 0 Å². The minimum Gasteiger partial charge on any atom is -0.491 e. The minimum atomic E-state index is -0.507. The number of para-hydroxylation sites is 1. The molecule has 226 valence electrons. The van der Waals surface area contributed by atoms with Crippen molar-refractivity contribution in [2.24, 2.45) is 0 Å². The Morgan fingerprint density at radius 1 is 0.738 bits per heavy atom. The summed E-state index contributed by atoms with van der Waals surface area (Å²) in [6.45, 7) is 11.4. The Morgan fingerprint density at radius 2 is 1.40 bits per heavy atom. The zero-order chi connectivity index (χ0) is 29.0. The quantitative estimate of drug-likeness (QED) is 0.268. The van der Waals surface area contributed by atoms with Gasteiger partial charge in [0.15, 0.2) is 0 Å². The molecule has 2 N–H and O–H groups in total. The Hall–Kier alpha value is -2.90. The van der Waals surface area contributed by atoms with Crippen LogP contribution in [0.25, 0.3) is 0 Å². The molecule has 3 aromatic carbocycles. The predicted molar refractivity (Wildman–Crippen MR) is 173 cm³/mol. The number of anilines is 1. The number of β-amino-alcohol motifs (C(OH)–C–C–N with tert-alkyl or cyclic N) is 1. The van der Waals surface area contributed by atoms with Crippen LogP contribution in [0.1, 0.15) is 61.8 Å². The molecule has 2 heterocycles. The van der Waals surface area contributed by atoms with Gasteiger partial charge in [-0.05, 0) is 73.3 Å². The topological polar surface area (TPSA) is 51.2 Å². The predicted octanol–water partition coefficient (Wildman–Crippen LogP) is 5.87. The molecule has 0 spiro atoms. The van der Waals surface area contributed by atoms with Crippen LogP contribution in [-0.2, 0) is 13.1 Å². The number of hydrogen-bond acceptors (Lipinski definition) is 6. The molecule has 0 radical (unpaired) electrons. The largest absolute Gasteiger partial charge is 0.491 e. The van der Waals surface area contributed by atoms with Crippen LogP contribution in [0.3, 0.4) is 0 Å². The molecule has 42 heavy (non-hydrogen) atoms. The smallest absolute Gasteiger partial charge is 0.119 e. The first-order valence-corrected chi connectivity index (χ1v) is 16.1. The van der Waals surface area contributed by atoms with E-state index < -0.39 is 6.10 Å². The van der Waals surface area contributed by atoms with Gasteiger partial charge in [-0.3, -0.25) is 9.80 Å². The van der Waals surface area contributed by atoms with Gasteiger partial charge < -0.3 is 20.1 Å². The zero-order valence-electron chi connectivity index (χ0n) is 25.5. The van der Waals surface area contributed by atoms with Gasteiger partial charge in [-0.1, -0.05) is 74.4 Å². The normalized spacial score (nSPS) is 18.4. The summed E-state index contributed by atoms with van der Waals surface area (Å²) in [7, 11) is 0. The molecule has 0 amide bonds. The van der Waals surface area contributed by atoms with Gasteiger partial charge in [-0.15, -0.1) is 0 Å². The maximum absolute atomic E-state index is 10.7. The molecule has 0 aromatic heterocycles. The number of likely N-dealkylation sites (tertiary alicyclic amines) is 1. The lowest BCUT2D eigenvalue weighted by molar-refractivity contribution is 0.0663. The summed E-state index contributed by atoms with van der Waals surface area (Å²) in [6, 6.07) is 28.2. The number of benzene rings is 3. The van der Waals surface area contributed by atoms with E-state index in [0.29, 0.717) is 13.2 Å². The molecule has 3 aromatic rings. The second-order valence-corrected chi connectivity index (χ2v) is 12.0. The van der Waals surface area contributed by atoms with Crippen molar-refractivity contribution in [2.45, 2.75) is 64.3 Å². The molecule has 2 fully saturated rings. The fourth-order valence-electron chi connectivity index (χ4n) is 6.32. The summed E-state index contributed by atoms with van der Waals surface area (Å²) < 4.78 is 5.98. The molecular formula is C36H50N4O2. The summed E-state index contributed by atoms with van der Waals surface area (Å²) in [4.78, 5) is 7.37. The highest BCUT2D eigenvalue weighted by molar-refractivity contribution is 5.46. The first-order valence-electron chi connectivity index (χ1n) is 16.1. The average molecular weight is 571 g/mol. The molecule has 0 aliphatic carbocycles. The van der Waals surface area contributed by atoms with Crippen LogP contribution >= 0.6 is 0 Å². The average Bonchev–Trinajstić information content (AvgIpc) is 3.31. The number of nitrogens with zero attached hydrogens (tertiary/aromatic N) is 3. The summed E-state index contributed by atoms with van der Waals surface area (Å²) in [5.41, 5.74) is 5.39. The Labute approximate surface area is 253 Å². The van der Waals surface area contributed by atoms with Gasteiger partial charge in [0.25, 0.3) is 0 Å². The molecule has 5 rings (SSSR count). The fourth-order valence-corrected chi connectivity index (χ4v) is 6.32. The van der Waals surface area contributed by atoms with E-state index >= 15 is 0 Å². The van der Waals surface area contributed by atoms with Gasteiger partial charge in [0, 0.05) is 57.5 Å². The summed E-state index contributed by atoms with van der Waals surface area (Å²) in [5.74, 6) is 0.810. The van der Waals surface area contributed by atoms with Crippen LogP contribution in [0, 0.1) is 0 Å². The maximum atomic E-state index is 10.7. The van der Waals surface area contributed by atoms with E-state index in [-0.39, 0.29) is 6.04 Å². The molecule has 0 saturated carbocycles. The Bertz CT molecular complexity index is 1170. The standard InChI is InChI=1S/C36H50N4O2/c1-2-36(37-26-31-12-8-9-13-32(31)27-38-20-10-3-4-11-21-38)30-16-18-35(19-17-30)42-29-34(41)28-39-22-24-40(25-23-39)33-14-6-5-7-15-33/h5-9,12-19,34,36-37,41H,2-4,10-11,20-29H2,1H3. The van der Waals surface area contributed by atoms with Crippen LogP contribution in [0.4, 0.5) is 5.69 Å². The van der Waals surface area contributed by atoms with Crippen LogP contribution in [0.2, 0.25) is 0 Å². The van der Waals surface area contributed by atoms with Gasteiger partial charge >= 0.3 is 0 Å². The highest BCUT2D eigenvalue weighted by Crippen LogP contribution is 2.23. The summed E-state index contributed by atoms with van der Waals surface area (Å²) >= 11 is 0. The van der Waals surface area contributed by atoms with E-state index in [1.807, 2.05) is 12.1 Å². The number of rotatable bonds is 13. The lowest BCUT2D eigenvalue weighted by Gasteiger charge is -2.36. The van der Waals surface area contributed by atoms with E-state index in [2.05, 4.69) is 93.7 Å². The van der Waals surface area contributed by atoms with Crippen molar-refractivity contribution in [3.8, 4) is 5.75 Å². The summed E-state index contributed by atoms with van der Waals surface area (Å²) in [6.07, 6.45) is 5.90. The minimum absolute atomic E-state index is 0.283. The molecule has 2 atom stereocenters. The van der Waals surface area contributed by atoms with Crippen molar-refractivity contribution >= 4 is 5.69 Å². The number of ether oxygens (including phenoxy) is 1. The Balaban J connectivity index is 1.06. The molecule has 6 nitrogen and oxygen atoms in total. The van der Waals surface area contributed by atoms with Gasteiger partial charge in [-0.25, -0.2) is 0 Å². The van der Waals surface area contributed by atoms with E-state index in [4.69, 9.17) is 4.74 Å². The molecule has 2 saturated heterocycles. The third-order valence-electron chi connectivity index (χ3n) is 8.85. The monoisotopic (exact) mass is 570 g/mol. The highest BCUT2D eigenvalue weighted by atomic mass is 16.5. The zero-order valence-corrected chi connectivity index (χ0v) is 25.5. The van der Waals surface area contributed by atoms with Crippen molar-refractivity contribution in [2.75, 3.05) is 57.3 Å². The number of hydrogen-bond donors (Lipinski definition) is 2. The number of nitrogens with one attached hydrogen (secondary N) is 1. The third kappa shape index (κ3) is 9.05. The molecule has 2 aliphatic rings. The molecule has 2 aliphatic heterocycles. The number of piperazine rings is 1. The molecular weight excluding hydrogens is 520 g/mol. The van der Waals surface area contributed by atoms with Gasteiger partial charge in [0.1, 0.15) is 18.5 Å². The number of aliphatic hydroxyl groups is 1. The maximum Gasteiger partial charge on any atom is 0.119 e. The summed E-state index contributed by atoms with van der Waals surface area (Å²) in [5, 5.41) is 14.5. The SMILES string of the molecule is CCC(NCc1ccccc1CN1CCCCCC1)c1ccc(OCC(O)CN2CCN(c3ccccc3)CC2)cc1. The van der Waals surface area contributed by atoms with Crippen molar-refractivity contribution in [1.29, 1.82) is 0 Å². The highest BCUT2D eigenvalue weighted by Gasteiger charge is 2.20. The van der Waals surface area contributed by atoms with E-state index in [9.17, 15) is 5.11 Å². The Kier molecular flexibility index (Phi) is 11.7.